The van der Waals surface area contributed by atoms with E-state index in [1.165, 1.54) is 6.07 Å². The molecule has 0 unspecified atom stereocenters. The van der Waals surface area contributed by atoms with Crippen LogP contribution in [0.4, 0.5) is 0 Å². The Morgan fingerprint density at radius 3 is 2.68 bits per heavy atom. The second-order valence-electron chi connectivity index (χ2n) is 3.88. The molecular weight excluding hydrogens is 272 g/mol. The first-order valence-corrected chi connectivity index (χ1v) is 5.64. The van der Waals surface area contributed by atoms with Gasteiger partial charge in [0.05, 0.1) is 5.69 Å². The van der Waals surface area contributed by atoms with Gasteiger partial charge in [-0.05, 0) is 24.6 Å². The lowest BCUT2D eigenvalue weighted by Crippen LogP contribution is -2.37. The average molecular weight is 281 g/mol. The molecule has 1 aromatic heterocycles. The fourth-order valence-electron chi connectivity index (χ4n) is 1.67. The average Bonchev–Trinajstić information content (AvgIpc) is 2.33. The maximum atomic E-state index is 12.0. The molecule has 0 fully saturated rings. The summed E-state index contributed by atoms with van der Waals surface area (Å²) < 4.78 is 0.755. The van der Waals surface area contributed by atoms with E-state index < -0.39 is 22.8 Å². The zero-order valence-corrected chi connectivity index (χ0v) is 10.6. The molecule has 0 saturated heterocycles. The highest BCUT2D eigenvalue weighted by Crippen LogP contribution is 2.17. The molecule has 98 valence electrons. The number of hydrogen-bond acceptors (Lipinski definition) is 3. The SMILES string of the molecule is Cc1ccc(Cl)cc1-n1c(=O)[nH]cc(C(=O)O)c1=O. The van der Waals surface area contributed by atoms with Gasteiger partial charge in [-0.2, -0.15) is 0 Å². The van der Waals surface area contributed by atoms with Crippen LogP contribution < -0.4 is 11.2 Å². The van der Waals surface area contributed by atoms with E-state index in [-0.39, 0.29) is 5.69 Å². The monoisotopic (exact) mass is 280 g/mol. The number of rotatable bonds is 2. The number of aromatic carboxylic acids is 1. The summed E-state index contributed by atoms with van der Waals surface area (Å²) in [7, 11) is 0. The van der Waals surface area contributed by atoms with Crippen LogP contribution in [0.25, 0.3) is 5.69 Å². The number of carboxylic acid groups (broad SMARTS) is 1. The number of aromatic nitrogens is 2. The molecular formula is C12H9ClN2O4. The lowest BCUT2D eigenvalue weighted by Gasteiger charge is -2.08. The molecule has 0 aliphatic carbocycles. The Labute approximate surface area is 111 Å². The molecule has 19 heavy (non-hydrogen) atoms. The smallest absolute Gasteiger partial charge is 0.342 e. The standard InChI is InChI=1S/C12H9ClN2O4/c1-6-2-3-7(13)4-9(6)15-10(16)8(11(17)18)5-14-12(15)19/h2-5H,1H3,(H,14,19)(H,17,18). The maximum Gasteiger partial charge on any atom is 0.342 e. The molecule has 2 N–H and O–H groups in total. The van der Waals surface area contributed by atoms with Crippen LogP contribution in [0.3, 0.4) is 0 Å². The van der Waals surface area contributed by atoms with Gasteiger partial charge in [0.15, 0.2) is 0 Å². The highest BCUT2D eigenvalue weighted by atomic mass is 35.5. The molecule has 1 heterocycles. The van der Waals surface area contributed by atoms with Crippen molar-refractivity contribution in [3.63, 3.8) is 0 Å². The number of nitrogens with one attached hydrogen (secondary N) is 1. The molecule has 0 atom stereocenters. The number of H-pyrrole nitrogens is 1. The molecule has 1 aromatic carbocycles. The summed E-state index contributed by atoms with van der Waals surface area (Å²) in [6.45, 7) is 1.69. The predicted molar refractivity (Wildman–Crippen MR) is 69.4 cm³/mol. The summed E-state index contributed by atoms with van der Waals surface area (Å²) in [5.74, 6) is -1.41. The lowest BCUT2D eigenvalue weighted by atomic mass is 10.2. The Kier molecular flexibility index (Phi) is 3.26. The van der Waals surface area contributed by atoms with Gasteiger partial charge in [0.25, 0.3) is 5.56 Å². The minimum absolute atomic E-state index is 0.252. The second-order valence-corrected chi connectivity index (χ2v) is 4.32. The number of carbonyl (C=O) groups is 1. The van der Waals surface area contributed by atoms with E-state index in [0.717, 1.165) is 10.8 Å². The number of hydrogen-bond donors (Lipinski definition) is 2. The van der Waals surface area contributed by atoms with Gasteiger partial charge >= 0.3 is 11.7 Å². The quantitative estimate of drug-likeness (QED) is 0.864. The fourth-order valence-corrected chi connectivity index (χ4v) is 1.83. The third kappa shape index (κ3) is 2.30. The third-order valence-corrected chi connectivity index (χ3v) is 2.85. The van der Waals surface area contributed by atoms with E-state index in [9.17, 15) is 14.4 Å². The van der Waals surface area contributed by atoms with Gasteiger partial charge in [0.2, 0.25) is 0 Å². The van der Waals surface area contributed by atoms with Crippen molar-refractivity contribution in [2.75, 3.05) is 0 Å². The van der Waals surface area contributed by atoms with Crippen molar-refractivity contribution in [3.8, 4) is 5.69 Å². The van der Waals surface area contributed by atoms with Crippen molar-refractivity contribution < 1.29 is 9.90 Å². The Morgan fingerprint density at radius 1 is 1.37 bits per heavy atom. The topological polar surface area (TPSA) is 92.2 Å². The van der Waals surface area contributed by atoms with Crippen molar-refractivity contribution in [1.29, 1.82) is 0 Å². The second kappa shape index (κ2) is 4.74. The summed E-state index contributed by atoms with van der Waals surface area (Å²) in [4.78, 5) is 36.9. The predicted octanol–water partition coefficient (Wildman–Crippen LogP) is 1.19. The van der Waals surface area contributed by atoms with Crippen molar-refractivity contribution in [1.82, 2.24) is 9.55 Å². The Bertz CT molecular complexity index is 776. The van der Waals surface area contributed by atoms with Gasteiger partial charge in [-0.1, -0.05) is 17.7 Å². The third-order valence-electron chi connectivity index (χ3n) is 2.62. The number of aryl methyl sites for hydroxylation is 1. The van der Waals surface area contributed by atoms with E-state index >= 15 is 0 Å². The number of halogens is 1. The molecule has 0 spiro atoms. The summed E-state index contributed by atoms with van der Waals surface area (Å²) in [5, 5.41) is 9.23. The van der Waals surface area contributed by atoms with Crippen LogP contribution in [0.2, 0.25) is 5.02 Å². The van der Waals surface area contributed by atoms with E-state index in [1.54, 1.807) is 19.1 Å². The largest absolute Gasteiger partial charge is 0.477 e. The van der Waals surface area contributed by atoms with Crippen LogP contribution in [0, 0.1) is 6.92 Å². The minimum atomic E-state index is -1.41. The molecule has 0 amide bonds. The Balaban J connectivity index is 2.86. The van der Waals surface area contributed by atoms with Gasteiger partial charge in [0.1, 0.15) is 5.56 Å². The molecule has 0 aliphatic rings. The normalized spacial score (nSPS) is 10.4. The first-order chi connectivity index (χ1) is 8.91. The van der Waals surface area contributed by atoms with E-state index in [1.807, 2.05) is 0 Å². The molecule has 0 bridgehead atoms. The van der Waals surface area contributed by atoms with Crippen molar-refractivity contribution in [2.24, 2.45) is 0 Å². The van der Waals surface area contributed by atoms with E-state index in [2.05, 4.69) is 4.98 Å². The molecule has 6 nitrogen and oxygen atoms in total. The highest BCUT2D eigenvalue weighted by Gasteiger charge is 2.15. The first-order valence-electron chi connectivity index (χ1n) is 5.26. The minimum Gasteiger partial charge on any atom is -0.477 e. The van der Waals surface area contributed by atoms with Crippen LogP contribution in [-0.2, 0) is 0 Å². The molecule has 0 saturated carbocycles. The molecule has 2 rings (SSSR count). The van der Waals surface area contributed by atoms with Crippen LogP contribution in [-0.4, -0.2) is 20.6 Å². The summed E-state index contributed by atoms with van der Waals surface area (Å²) in [6.07, 6.45) is 0.878. The number of nitrogens with zero attached hydrogens (tertiary/aromatic N) is 1. The maximum absolute atomic E-state index is 12.0. The summed E-state index contributed by atoms with van der Waals surface area (Å²) in [5.41, 5.74) is -1.26. The zero-order chi connectivity index (χ0) is 14.2. The lowest BCUT2D eigenvalue weighted by molar-refractivity contribution is 0.0694. The van der Waals surface area contributed by atoms with E-state index in [4.69, 9.17) is 16.7 Å². The Hall–Kier alpha value is -2.34. The van der Waals surface area contributed by atoms with Crippen LogP contribution in [0.1, 0.15) is 15.9 Å². The molecule has 2 aromatic rings. The number of benzene rings is 1. The number of aromatic amines is 1. The molecule has 0 radical (unpaired) electrons. The molecule has 7 heteroatoms. The zero-order valence-electron chi connectivity index (χ0n) is 9.81. The summed E-state index contributed by atoms with van der Waals surface area (Å²) >= 11 is 5.83. The van der Waals surface area contributed by atoms with Crippen LogP contribution in [0.15, 0.2) is 34.0 Å². The van der Waals surface area contributed by atoms with Crippen molar-refractivity contribution in [3.05, 3.63) is 61.4 Å². The van der Waals surface area contributed by atoms with Crippen molar-refractivity contribution >= 4 is 17.6 Å². The van der Waals surface area contributed by atoms with Crippen molar-refractivity contribution in [2.45, 2.75) is 6.92 Å². The van der Waals surface area contributed by atoms with Crippen LogP contribution >= 0.6 is 11.6 Å². The summed E-state index contributed by atoms with van der Waals surface area (Å²) in [6, 6.07) is 4.68. The van der Waals surface area contributed by atoms with E-state index in [0.29, 0.717) is 10.6 Å². The fraction of sp³-hybridized carbons (Fsp3) is 0.0833. The van der Waals surface area contributed by atoms with Gasteiger partial charge in [-0.15, -0.1) is 0 Å². The van der Waals surface area contributed by atoms with Gasteiger partial charge < -0.3 is 10.1 Å². The van der Waals surface area contributed by atoms with Gasteiger partial charge in [-0.25, -0.2) is 14.2 Å². The molecule has 0 aliphatic heterocycles. The Morgan fingerprint density at radius 2 is 2.05 bits per heavy atom. The van der Waals surface area contributed by atoms with Gasteiger partial charge in [0, 0.05) is 11.2 Å². The van der Waals surface area contributed by atoms with Gasteiger partial charge in [-0.3, -0.25) is 4.79 Å². The number of carboxylic acids is 1. The highest BCUT2D eigenvalue weighted by molar-refractivity contribution is 6.30. The first kappa shape index (κ1) is 13.1. The van der Waals surface area contributed by atoms with Crippen LogP contribution in [0.5, 0.6) is 0 Å².